The molecule has 0 bridgehead atoms. The van der Waals surface area contributed by atoms with Crippen LogP contribution in [0.1, 0.15) is 11.1 Å². The van der Waals surface area contributed by atoms with Crippen LogP contribution in [0.5, 0.6) is 0 Å². The first-order valence-corrected chi connectivity index (χ1v) is 4.32. The molecule has 0 saturated carbocycles. The van der Waals surface area contributed by atoms with Crippen molar-refractivity contribution in [3.8, 4) is 0 Å². The fourth-order valence-corrected chi connectivity index (χ4v) is 1.51. The number of hydrogen-bond acceptors (Lipinski definition) is 2. The zero-order chi connectivity index (χ0) is 9.26. The molecule has 3 nitrogen and oxygen atoms in total. The molecule has 13 heavy (non-hydrogen) atoms. The second-order valence-electron chi connectivity index (χ2n) is 2.76. The van der Waals surface area contributed by atoms with Gasteiger partial charge in [-0.1, -0.05) is 11.6 Å². The summed E-state index contributed by atoms with van der Waals surface area (Å²) in [4.78, 5) is 9.17. The van der Waals surface area contributed by atoms with Crippen molar-refractivity contribution in [2.75, 3.05) is 7.05 Å². The number of fused-ring (bicyclic) bond motifs is 1. The van der Waals surface area contributed by atoms with Gasteiger partial charge in [0.25, 0.3) is 0 Å². The highest BCUT2D eigenvalue weighted by Gasteiger charge is 2.14. The SMILES string of the molecule is CN=C1NOCc2cc(Cl)ccc21. The number of amidine groups is 1. The van der Waals surface area contributed by atoms with E-state index in [0.717, 1.165) is 22.0 Å². The molecule has 4 heteroatoms. The molecule has 2 rings (SSSR count). The van der Waals surface area contributed by atoms with Crippen LogP contribution >= 0.6 is 11.6 Å². The molecule has 1 aliphatic heterocycles. The van der Waals surface area contributed by atoms with Crippen molar-refractivity contribution in [2.24, 2.45) is 4.99 Å². The highest BCUT2D eigenvalue weighted by Crippen LogP contribution is 2.19. The predicted octanol–water partition coefficient (Wildman–Crippen LogP) is 1.75. The lowest BCUT2D eigenvalue weighted by Crippen LogP contribution is -2.30. The van der Waals surface area contributed by atoms with Crippen LogP contribution in [0.2, 0.25) is 5.02 Å². The summed E-state index contributed by atoms with van der Waals surface area (Å²) in [7, 11) is 1.72. The lowest BCUT2D eigenvalue weighted by atomic mass is 10.1. The second-order valence-corrected chi connectivity index (χ2v) is 3.20. The molecule has 0 saturated heterocycles. The Labute approximate surface area is 81.3 Å². The van der Waals surface area contributed by atoms with Crippen LogP contribution in [-0.2, 0) is 11.4 Å². The fraction of sp³-hybridized carbons (Fsp3) is 0.222. The standard InChI is InChI=1S/C9H9ClN2O/c1-11-9-8-3-2-7(10)4-6(8)5-13-12-9/h2-4H,5H2,1H3,(H,11,12). The number of rotatable bonds is 0. The molecule has 0 amide bonds. The van der Waals surface area contributed by atoms with Gasteiger partial charge in [0.15, 0.2) is 5.84 Å². The number of halogens is 1. The van der Waals surface area contributed by atoms with Gasteiger partial charge in [-0.3, -0.25) is 9.83 Å². The minimum atomic E-state index is 0.523. The molecule has 1 aromatic carbocycles. The van der Waals surface area contributed by atoms with Crippen molar-refractivity contribution in [1.29, 1.82) is 0 Å². The summed E-state index contributed by atoms with van der Waals surface area (Å²) in [6, 6.07) is 5.68. The number of aliphatic imine (C=N–C) groups is 1. The Bertz CT molecular complexity index is 363. The van der Waals surface area contributed by atoms with Crippen molar-refractivity contribution in [3.05, 3.63) is 34.3 Å². The molecule has 0 unspecified atom stereocenters. The van der Waals surface area contributed by atoms with E-state index in [0.29, 0.717) is 6.61 Å². The zero-order valence-corrected chi connectivity index (χ0v) is 7.93. The first-order valence-electron chi connectivity index (χ1n) is 3.94. The van der Waals surface area contributed by atoms with Gasteiger partial charge in [0.05, 0.1) is 0 Å². The topological polar surface area (TPSA) is 33.6 Å². The number of hydroxylamine groups is 1. The molecular weight excluding hydrogens is 188 g/mol. The Balaban J connectivity index is 2.52. The lowest BCUT2D eigenvalue weighted by Gasteiger charge is -2.19. The van der Waals surface area contributed by atoms with Crippen LogP contribution in [-0.4, -0.2) is 12.9 Å². The van der Waals surface area contributed by atoms with E-state index in [1.165, 1.54) is 0 Å². The minimum Gasteiger partial charge on any atom is -0.270 e. The van der Waals surface area contributed by atoms with Crippen LogP contribution in [0, 0.1) is 0 Å². The Kier molecular flexibility index (Phi) is 2.20. The number of nitrogens with zero attached hydrogens (tertiary/aromatic N) is 1. The summed E-state index contributed by atoms with van der Waals surface area (Å²) in [5.41, 5.74) is 4.87. The van der Waals surface area contributed by atoms with Crippen LogP contribution < -0.4 is 5.48 Å². The van der Waals surface area contributed by atoms with Gasteiger partial charge < -0.3 is 0 Å². The molecule has 0 atom stereocenters. The summed E-state index contributed by atoms with van der Waals surface area (Å²) < 4.78 is 0. The second kappa shape index (κ2) is 3.36. The normalized spacial score (nSPS) is 18.2. The smallest absolute Gasteiger partial charge is 0.152 e. The molecule has 0 fully saturated rings. The minimum absolute atomic E-state index is 0.523. The Morgan fingerprint density at radius 1 is 1.54 bits per heavy atom. The summed E-state index contributed by atoms with van der Waals surface area (Å²) >= 11 is 5.85. The van der Waals surface area contributed by atoms with E-state index in [2.05, 4.69) is 10.5 Å². The quantitative estimate of drug-likeness (QED) is 0.686. The maximum Gasteiger partial charge on any atom is 0.152 e. The van der Waals surface area contributed by atoms with E-state index in [1.54, 1.807) is 7.05 Å². The van der Waals surface area contributed by atoms with Gasteiger partial charge in [-0.05, 0) is 23.8 Å². The third-order valence-electron chi connectivity index (χ3n) is 1.94. The number of nitrogens with one attached hydrogen (secondary N) is 1. The van der Waals surface area contributed by atoms with Crippen LogP contribution in [0.15, 0.2) is 23.2 Å². The maximum absolute atomic E-state index is 5.85. The van der Waals surface area contributed by atoms with Crippen molar-refractivity contribution in [3.63, 3.8) is 0 Å². The molecule has 1 aliphatic rings. The highest BCUT2D eigenvalue weighted by atomic mass is 35.5. The van der Waals surface area contributed by atoms with E-state index in [4.69, 9.17) is 16.4 Å². The van der Waals surface area contributed by atoms with Gasteiger partial charge in [0.2, 0.25) is 0 Å². The van der Waals surface area contributed by atoms with Crippen molar-refractivity contribution in [2.45, 2.75) is 6.61 Å². The number of hydrogen-bond donors (Lipinski definition) is 1. The number of benzene rings is 1. The Hall–Kier alpha value is -1.06. The van der Waals surface area contributed by atoms with Gasteiger partial charge >= 0.3 is 0 Å². The van der Waals surface area contributed by atoms with E-state index in [1.807, 2.05) is 18.2 Å². The van der Waals surface area contributed by atoms with E-state index in [9.17, 15) is 0 Å². The largest absolute Gasteiger partial charge is 0.270 e. The third-order valence-corrected chi connectivity index (χ3v) is 2.18. The molecule has 1 aromatic rings. The van der Waals surface area contributed by atoms with E-state index in [-0.39, 0.29) is 0 Å². The van der Waals surface area contributed by atoms with Gasteiger partial charge in [-0.15, -0.1) is 0 Å². The summed E-state index contributed by atoms with van der Waals surface area (Å²) in [6.07, 6.45) is 0. The molecule has 0 spiro atoms. The maximum atomic E-state index is 5.85. The van der Waals surface area contributed by atoms with Gasteiger partial charge in [-0.2, -0.15) is 0 Å². The molecule has 0 radical (unpaired) electrons. The molecule has 1 heterocycles. The lowest BCUT2D eigenvalue weighted by molar-refractivity contribution is 0.0651. The van der Waals surface area contributed by atoms with Crippen LogP contribution in [0.4, 0.5) is 0 Å². The van der Waals surface area contributed by atoms with E-state index >= 15 is 0 Å². The Morgan fingerprint density at radius 3 is 3.15 bits per heavy atom. The molecule has 0 aliphatic carbocycles. The molecule has 0 aromatic heterocycles. The summed E-state index contributed by atoms with van der Waals surface area (Å²) in [5.74, 6) is 0.748. The van der Waals surface area contributed by atoms with Gasteiger partial charge in [-0.25, -0.2) is 5.48 Å². The zero-order valence-electron chi connectivity index (χ0n) is 7.17. The van der Waals surface area contributed by atoms with Gasteiger partial charge in [0.1, 0.15) is 6.61 Å². The summed E-state index contributed by atoms with van der Waals surface area (Å²) in [5, 5.41) is 0.722. The average molecular weight is 197 g/mol. The highest BCUT2D eigenvalue weighted by molar-refractivity contribution is 6.30. The van der Waals surface area contributed by atoms with Crippen molar-refractivity contribution >= 4 is 17.4 Å². The van der Waals surface area contributed by atoms with Crippen LogP contribution in [0.25, 0.3) is 0 Å². The van der Waals surface area contributed by atoms with Crippen LogP contribution in [0.3, 0.4) is 0 Å². The molecule has 68 valence electrons. The average Bonchev–Trinajstić information content (AvgIpc) is 2.16. The molecular formula is C9H9ClN2O. The van der Waals surface area contributed by atoms with Crippen molar-refractivity contribution in [1.82, 2.24) is 5.48 Å². The predicted molar refractivity (Wildman–Crippen MR) is 51.8 cm³/mol. The fourth-order valence-electron chi connectivity index (χ4n) is 1.32. The monoisotopic (exact) mass is 196 g/mol. The first kappa shape index (κ1) is 8.53. The first-order chi connectivity index (χ1) is 6.31. The van der Waals surface area contributed by atoms with Crippen molar-refractivity contribution < 1.29 is 4.84 Å². The Morgan fingerprint density at radius 2 is 2.38 bits per heavy atom. The summed E-state index contributed by atoms with van der Waals surface area (Å²) in [6.45, 7) is 0.523. The third kappa shape index (κ3) is 1.53. The molecule has 1 N–H and O–H groups in total. The van der Waals surface area contributed by atoms with Gasteiger partial charge in [0, 0.05) is 17.6 Å². The van der Waals surface area contributed by atoms with E-state index < -0.39 is 0 Å².